The van der Waals surface area contributed by atoms with Gasteiger partial charge in [-0.1, -0.05) is 18.2 Å². The number of amides is 2. The smallest absolute Gasteiger partial charge is 0.317 e. The van der Waals surface area contributed by atoms with E-state index in [1.54, 1.807) is 0 Å². The molecule has 2 unspecified atom stereocenters. The highest BCUT2D eigenvalue weighted by atomic mass is 16.2. The second kappa shape index (κ2) is 6.14. The highest BCUT2D eigenvalue weighted by Gasteiger charge is 2.34. The van der Waals surface area contributed by atoms with Crippen LogP contribution in [0.1, 0.15) is 32.3 Å². The zero-order valence-electron chi connectivity index (χ0n) is 15.2. The number of anilines is 1. The number of H-pyrrole nitrogens is 1. The normalized spacial score (nSPS) is 21.7. The number of rotatable bonds is 3. The quantitative estimate of drug-likeness (QED) is 0.899. The summed E-state index contributed by atoms with van der Waals surface area (Å²) >= 11 is 0. The van der Waals surface area contributed by atoms with E-state index in [4.69, 9.17) is 0 Å². The molecule has 25 heavy (non-hydrogen) atoms. The number of hydrogen-bond donors (Lipinski definition) is 2. The third-order valence-corrected chi connectivity index (χ3v) is 5.69. The van der Waals surface area contributed by atoms with Crippen LogP contribution < -0.4 is 10.2 Å². The Morgan fingerprint density at radius 1 is 1.32 bits per heavy atom. The number of aromatic nitrogens is 1. The molecule has 0 spiro atoms. The summed E-state index contributed by atoms with van der Waals surface area (Å²) in [4.78, 5) is 20.0. The van der Waals surface area contributed by atoms with Crippen molar-refractivity contribution < 1.29 is 4.79 Å². The van der Waals surface area contributed by atoms with E-state index in [-0.39, 0.29) is 12.1 Å². The molecule has 0 radical (unpaired) electrons. The molecule has 1 aromatic heterocycles. The van der Waals surface area contributed by atoms with Crippen molar-refractivity contribution in [3.05, 3.63) is 36.0 Å². The lowest BCUT2D eigenvalue weighted by molar-refractivity contribution is 0.200. The maximum Gasteiger partial charge on any atom is 0.317 e. The van der Waals surface area contributed by atoms with Crippen molar-refractivity contribution in [3.63, 3.8) is 0 Å². The molecule has 4 rings (SSSR count). The van der Waals surface area contributed by atoms with Crippen molar-refractivity contribution in [3.8, 4) is 0 Å². The van der Waals surface area contributed by atoms with Crippen molar-refractivity contribution in [1.82, 2.24) is 15.2 Å². The van der Waals surface area contributed by atoms with Gasteiger partial charge in [0.1, 0.15) is 0 Å². The molecule has 0 saturated carbocycles. The highest BCUT2D eigenvalue weighted by molar-refractivity contribution is 6.06. The number of benzene rings is 1. The third kappa shape index (κ3) is 2.49. The molecular weight excluding hydrogens is 312 g/mol. The Morgan fingerprint density at radius 2 is 2.12 bits per heavy atom. The van der Waals surface area contributed by atoms with E-state index in [9.17, 15) is 4.79 Å². The van der Waals surface area contributed by atoms with Crippen LogP contribution in [0.3, 0.4) is 0 Å². The highest BCUT2D eigenvalue weighted by Crippen LogP contribution is 2.44. The zero-order chi connectivity index (χ0) is 17.6. The molecule has 5 nitrogen and oxygen atoms in total. The summed E-state index contributed by atoms with van der Waals surface area (Å²) in [6.07, 6.45) is 6.41. The number of aromatic amines is 1. The summed E-state index contributed by atoms with van der Waals surface area (Å²) in [5.41, 5.74) is 5.10. The van der Waals surface area contributed by atoms with Crippen molar-refractivity contribution in [1.29, 1.82) is 0 Å². The summed E-state index contributed by atoms with van der Waals surface area (Å²) in [7, 11) is 2.17. The molecule has 2 aliphatic rings. The second-order valence-electron chi connectivity index (χ2n) is 6.96. The Morgan fingerprint density at radius 3 is 2.88 bits per heavy atom. The first kappa shape index (κ1) is 16.1. The Hall–Kier alpha value is -2.43. The van der Waals surface area contributed by atoms with Crippen LogP contribution in [-0.4, -0.2) is 48.1 Å². The fraction of sp³-hybridized carbons (Fsp3) is 0.450. The number of hydrogen-bond acceptors (Lipinski definition) is 2. The van der Waals surface area contributed by atoms with Gasteiger partial charge in [0.25, 0.3) is 0 Å². The molecule has 1 aromatic carbocycles. The van der Waals surface area contributed by atoms with Crippen molar-refractivity contribution in [2.45, 2.75) is 38.8 Å². The Bertz CT molecular complexity index is 833. The van der Waals surface area contributed by atoms with Gasteiger partial charge in [-0.25, -0.2) is 4.79 Å². The summed E-state index contributed by atoms with van der Waals surface area (Å²) < 4.78 is 0. The molecule has 2 heterocycles. The molecule has 0 fully saturated rings. The van der Waals surface area contributed by atoms with E-state index < -0.39 is 0 Å². The van der Waals surface area contributed by atoms with Crippen LogP contribution in [0, 0.1) is 0 Å². The monoisotopic (exact) mass is 338 g/mol. The lowest BCUT2D eigenvalue weighted by atomic mass is 9.82. The zero-order valence-corrected chi connectivity index (χ0v) is 15.2. The number of carbonyl (C=O) groups is 1. The first-order chi connectivity index (χ1) is 12.1. The van der Waals surface area contributed by atoms with Crippen LogP contribution in [0.4, 0.5) is 10.5 Å². The summed E-state index contributed by atoms with van der Waals surface area (Å²) in [6.45, 7) is 5.51. The first-order valence-electron chi connectivity index (χ1n) is 9.24. The summed E-state index contributed by atoms with van der Waals surface area (Å²) in [6, 6.07) is 6.97. The standard InChI is InChI=1S/C20H26N4O/c1-4-24(5-2)20(25)22-13-9-10-17-15(11-13)14-7-6-8-16-19(14)18(12-21-16)23(17)3/h6-8,11-13,17,21H,4-5,9-10H2,1-3H3,(H,22,25). The largest absolute Gasteiger partial charge is 0.366 e. The van der Waals surface area contributed by atoms with Crippen LogP contribution in [0.15, 0.2) is 30.5 Å². The molecule has 2 atom stereocenters. The van der Waals surface area contributed by atoms with E-state index in [1.165, 1.54) is 27.7 Å². The van der Waals surface area contributed by atoms with Gasteiger partial charge < -0.3 is 20.1 Å². The molecule has 2 amide bonds. The minimum Gasteiger partial charge on any atom is -0.366 e. The molecular formula is C20H26N4O. The van der Waals surface area contributed by atoms with Gasteiger partial charge in [0, 0.05) is 43.3 Å². The Kier molecular flexibility index (Phi) is 3.94. The lowest BCUT2D eigenvalue weighted by Gasteiger charge is -2.40. The van der Waals surface area contributed by atoms with Crippen molar-refractivity contribution >= 4 is 28.2 Å². The third-order valence-electron chi connectivity index (χ3n) is 5.69. The molecule has 2 aromatic rings. The molecule has 5 heteroatoms. The Balaban J connectivity index is 1.69. The predicted octanol–water partition coefficient (Wildman–Crippen LogP) is 3.58. The van der Waals surface area contributed by atoms with Crippen LogP contribution >= 0.6 is 0 Å². The molecule has 132 valence electrons. The maximum atomic E-state index is 12.4. The van der Waals surface area contributed by atoms with Crippen LogP contribution in [-0.2, 0) is 0 Å². The molecule has 2 N–H and O–H groups in total. The average Bonchev–Trinajstić information content (AvgIpc) is 3.06. The fourth-order valence-electron chi connectivity index (χ4n) is 4.30. The van der Waals surface area contributed by atoms with Gasteiger partial charge in [-0.15, -0.1) is 0 Å². The van der Waals surface area contributed by atoms with Crippen molar-refractivity contribution in [2.24, 2.45) is 0 Å². The van der Waals surface area contributed by atoms with E-state index in [0.29, 0.717) is 6.04 Å². The average molecular weight is 338 g/mol. The van der Waals surface area contributed by atoms with Gasteiger partial charge in [0.15, 0.2) is 0 Å². The minimum absolute atomic E-state index is 0.0370. The molecule has 0 saturated heterocycles. The van der Waals surface area contributed by atoms with Gasteiger partial charge in [-0.05, 0) is 43.9 Å². The van der Waals surface area contributed by atoms with Gasteiger partial charge >= 0.3 is 6.03 Å². The molecule has 0 bridgehead atoms. The van der Waals surface area contributed by atoms with E-state index in [0.717, 1.165) is 25.9 Å². The SMILES string of the molecule is CCN(CC)C(=O)NC1C=C2c3cccc4[nH]cc(c34)N(C)C2CC1. The van der Waals surface area contributed by atoms with E-state index >= 15 is 0 Å². The van der Waals surface area contributed by atoms with Crippen LogP contribution in [0.5, 0.6) is 0 Å². The lowest BCUT2D eigenvalue weighted by Crippen LogP contribution is -2.47. The summed E-state index contributed by atoms with van der Waals surface area (Å²) in [5, 5.41) is 4.50. The number of carbonyl (C=O) groups excluding carboxylic acids is 1. The van der Waals surface area contributed by atoms with Gasteiger partial charge in [-0.3, -0.25) is 0 Å². The first-order valence-corrected chi connectivity index (χ1v) is 9.24. The number of nitrogens with one attached hydrogen (secondary N) is 2. The van der Waals surface area contributed by atoms with Crippen LogP contribution in [0.25, 0.3) is 16.5 Å². The molecule has 1 aliphatic heterocycles. The summed E-state index contributed by atoms with van der Waals surface area (Å²) in [5.74, 6) is 0. The minimum atomic E-state index is 0.0370. The molecule has 1 aliphatic carbocycles. The Labute approximate surface area is 148 Å². The fourth-order valence-corrected chi connectivity index (χ4v) is 4.30. The number of nitrogens with zero attached hydrogens (tertiary/aromatic N) is 2. The number of likely N-dealkylation sites (N-methyl/N-ethyl adjacent to an activating group) is 1. The topological polar surface area (TPSA) is 51.4 Å². The van der Waals surface area contributed by atoms with Gasteiger partial charge in [0.05, 0.1) is 11.7 Å². The predicted molar refractivity (Wildman–Crippen MR) is 103 cm³/mol. The maximum absolute atomic E-state index is 12.4. The number of urea groups is 1. The van der Waals surface area contributed by atoms with Crippen LogP contribution in [0.2, 0.25) is 0 Å². The second-order valence-corrected chi connectivity index (χ2v) is 6.96. The van der Waals surface area contributed by atoms with Gasteiger partial charge in [0.2, 0.25) is 0 Å². The number of fused-ring (bicyclic) bond motifs is 2. The van der Waals surface area contributed by atoms with E-state index in [2.05, 4.69) is 52.7 Å². The van der Waals surface area contributed by atoms with Crippen molar-refractivity contribution in [2.75, 3.05) is 25.0 Å². The van der Waals surface area contributed by atoms with E-state index in [1.807, 2.05) is 18.7 Å². The van der Waals surface area contributed by atoms with Gasteiger partial charge in [-0.2, -0.15) is 0 Å².